The van der Waals surface area contributed by atoms with Crippen molar-refractivity contribution < 1.29 is 23.5 Å². The van der Waals surface area contributed by atoms with Gasteiger partial charge in [-0.25, -0.2) is 8.78 Å². The van der Waals surface area contributed by atoms with E-state index in [1.54, 1.807) is 13.8 Å². The van der Waals surface area contributed by atoms with Crippen LogP contribution in [-0.2, 0) is 16.0 Å². The van der Waals surface area contributed by atoms with Crippen LogP contribution in [-0.4, -0.2) is 23.0 Å². The van der Waals surface area contributed by atoms with Crippen LogP contribution in [0.3, 0.4) is 0 Å². The summed E-state index contributed by atoms with van der Waals surface area (Å²) in [4.78, 5) is 23.4. The number of amides is 1. The first-order valence-electron chi connectivity index (χ1n) is 7.03. The van der Waals surface area contributed by atoms with Crippen molar-refractivity contribution in [2.75, 3.05) is 0 Å². The third-order valence-electron chi connectivity index (χ3n) is 3.69. The second-order valence-electron chi connectivity index (χ2n) is 6.21. The molecule has 0 radical (unpaired) electrons. The van der Waals surface area contributed by atoms with Gasteiger partial charge in [-0.2, -0.15) is 0 Å². The lowest BCUT2D eigenvalue weighted by Crippen LogP contribution is -2.52. The highest BCUT2D eigenvalue weighted by atomic mass is 19.2. The number of carbonyl (C=O) groups excluding carboxylic acids is 1. The van der Waals surface area contributed by atoms with Crippen LogP contribution in [0.1, 0.15) is 33.3 Å². The highest BCUT2D eigenvalue weighted by molar-refractivity contribution is 5.81. The average molecular weight is 313 g/mol. The molecule has 122 valence electrons. The molecule has 0 aliphatic heterocycles. The van der Waals surface area contributed by atoms with Gasteiger partial charge in [0.2, 0.25) is 5.91 Å². The van der Waals surface area contributed by atoms with Crippen LogP contribution < -0.4 is 5.32 Å². The van der Waals surface area contributed by atoms with Gasteiger partial charge in [0.1, 0.15) is 0 Å². The smallest absolute Gasteiger partial charge is 0.311 e. The van der Waals surface area contributed by atoms with E-state index in [0.29, 0.717) is 0 Å². The molecule has 6 heteroatoms. The summed E-state index contributed by atoms with van der Waals surface area (Å²) in [7, 11) is 0. The van der Waals surface area contributed by atoms with Crippen molar-refractivity contribution in [2.24, 2.45) is 11.3 Å². The lowest BCUT2D eigenvalue weighted by atomic mass is 9.78. The molecular weight excluding hydrogens is 292 g/mol. The van der Waals surface area contributed by atoms with Gasteiger partial charge in [0.15, 0.2) is 11.6 Å². The van der Waals surface area contributed by atoms with Gasteiger partial charge in [0.05, 0.1) is 11.8 Å². The van der Waals surface area contributed by atoms with Gasteiger partial charge in [0, 0.05) is 11.6 Å². The monoisotopic (exact) mass is 313 g/mol. The van der Waals surface area contributed by atoms with Gasteiger partial charge in [-0.3, -0.25) is 9.59 Å². The number of aliphatic carboxylic acids is 1. The fourth-order valence-electron chi connectivity index (χ4n) is 2.40. The Balaban J connectivity index is 2.89. The molecule has 1 unspecified atom stereocenters. The van der Waals surface area contributed by atoms with Crippen LogP contribution in [0.2, 0.25) is 0 Å². The largest absolute Gasteiger partial charge is 0.481 e. The first-order chi connectivity index (χ1) is 10.1. The van der Waals surface area contributed by atoms with Gasteiger partial charge in [-0.1, -0.05) is 26.0 Å². The number of hydrogen-bond donors (Lipinski definition) is 2. The van der Waals surface area contributed by atoms with Crippen molar-refractivity contribution in [3.05, 3.63) is 35.4 Å². The lowest BCUT2D eigenvalue weighted by molar-refractivity contribution is -0.149. The molecule has 2 N–H and O–H groups in total. The standard InChI is InChI=1S/C16H21F2NO3/c1-9(2)14(16(3,4)15(21)22)19-12(20)8-10-6-5-7-11(17)13(10)18/h5-7,9,14H,8H2,1-4H3,(H,19,20)(H,21,22). The second kappa shape index (κ2) is 6.85. The highest BCUT2D eigenvalue weighted by Crippen LogP contribution is 2.26. The first kappa shape index (κ1) is 18.1. The normalized spacial score (nSPS) is 13.0. The fourth-order valence-corrected chi connectivity index (χ4v) is 2.40. The molecule has 22 heavy (non-hydrogen) atoms. The number of carboxylic acid groups (broad SMARTS) is 1. The summed E-state index contributed by atoms with van der Waals surface area (Å²) in [5.74, 6) is -3.79. The van der Waals surface area contributed by atoms with E-state index >= 15 is 0 Å². The van der Waals surface area contributed by atoms with Crippen molar-refractivity contribution in [2.45, 2.75) is 40.2 Å². The molecule has 1 rings (SSSR count). The van der Waals surface area contributed by atoms with Gasteiger partial charge in [-0.05, 0) is 25.8 Å². The van der Waals surface area contributed by atoms with E-state index in [-0.39, 0.29) is 17.9 Å². The molecule has 0 fully saturated rings. The Hall–Kier alpha value is -1.98. The topological polar surface area (TPSA) is 66.4 Å². The Morgan fingerprint density at radius 3 is 2.36 bits per heavy atom. The van der Waals surface area contributed by atoms with Crippen molar-refractivity contribution in [1.29, 1.82) is 0 Å². The SMILES string of the molecule is CC(C)C(NC(=O)Cc1cccc(F)c1F)C(C)(C)C(=O)O. The van der Waals surface area contributed by atoms with Crippen molar-refractivity contribution in [3.8, 4) is 0 Å². The number of carbonyl (C=O) groups is 2. The minimum absolute atomic E-state index is 0.0619. The molecule has 0 aliphatic carbocycles. The number of hydrogen-bond acceptors (Lipinski definition) is 2. The van der Waals surface area contributed by atoms with Gasteiger partial charge < -0.3 is 10.4 Å². The molecule has 0 heterocycles. The number of benzene rings is 1. The van der Waals surface area contributed by atoms with E-state index in [9.17, 15) is 23.5 Å². The predicted molar refractivity (Wildman–Crippen MR) is 78.2 cm³/mol. The van der Waals surface area contributed by atoms with Crippen LogP contribution in [0.5, 0.6) is 0 Å². The zero-order valence-corrected chi connectivity index (χ0v) is 13.1. The summed E-state index contributed by atoms with van der Waals surface area (Å²) < 4.78 is 26.7. The third-order valence-corrected chi connectivity index (χ3v) is 3.69. The van der Waals surface area contributed by atoms with Crippen LogP contribution in [0, 0.1) is 23.0 Å². The van der Waals surface area contributed by atoms with Crippen molar-refractivity contribution >= 4 is 11.9 Å². The summed E-state index contributed by atoms with van der Waals surface area (Å²) >= 11 is 0. The fraction of sp³-hybridized carbons (Fsp3) is 0.500. The Bertz CT molecular complexity index is 571. The molecule has 1 atom stereocenters. The van der Waals surface area contributed by atoms with E-state index in [1.165, 1.54) is 26.0 Å². The number of rotatable bonds is 6. The maximum atomic E-state index is 13.6. The highest BCUT2D eigenvalue weighted by Gasteiger charge is 2.39. The zero-order valence-electron chi connectivity index (χ0n) is 13.1. The van der Waals surface area contributed by atoms with E-state index in [4.69, 9.17) is 0 Å². The zero-order chi connectivity index (χ0) is 17.1. The lowest BCUT2D eigenvalue weighted by Gasteiger charge is -2.34. The van der Waals surface area contributed by atoms with E-state index in [1.807, 2.05) is 0 Å². The van der Waals surface area contributed by atoms with Crippen molar-refractivity contribution in [3.63, 3.8) is 0 Å². The molecule has 0 aliphatic rings. The maximum absolute atomic E-state index is 13.6. The first-order valence-corrected chi connectivity index (χ1v) is 7.03. The number of halogens is 2. The second-order valence-corrected chi connectivity index (χ2v) is 6.21. The van der Waals surface area contributed by atoms with Crippen molar-refractivity contribution in [1.82, 2.24) is 5.32 Å². The molecule has 0 aromatic heterocycles. The van der Waals surface area contributed by atoms with Gasteiger partial charge in [-0.15, -0.1) is 0 Å². The molecular formula is C16H21F2NO3. The van der Waals surface area contributed by atoms with E-state index in [2.05, 4.69) is 5.32 Å². The number of carboxylic acids is 1. The molecule has 0 saturated heterocycles. The molecule has 1 aromatic carbocycles. The third kappa shape index (κ3) is 4.02. The van der Waals surface area contributed by atoms with Crippen LogP contribution in [0.15, 0.2) is 18.2 Å². The molecule has 0 saturated carbocycles. The Morgan fingerprint density at radius 2 is 1.86 bits per heavy atom. The van der Waals surface area contributed by atoms with Gasteiger partial charge >= 0.3 is 5.97 Å². The van der Waals surface area contributed by atoms with E-state index < -0.39 is 35.0 Å². The van der Waals surface area contributed by atoms with Crippen LogP contribution in [0.4, 0.5) is 8.78 Å². The summed E-state index contributed by atoms with van der Waals surface area (Å²) in [6, 6.07) is 2.99. The van der Waals surface area contributed by atoms with E-state index in [0.717, 1.165) is 6.07 Å². The minimum atomic E-state index is -1.18. The quantitative estimate of drug-likeness (QED) is 0.848. The Kier molecular flexibility index (Phi) is 5.63. The molecule has 1 aromatic rings. The minimum Gasteiger partial charge on any atom is -0.481 e. The van der Waals surface area contributed by atoms with Gasteiger partial charge in [0.25, 0.3) is 0 Å². The maximum Gasteiger partial charge on any atom is 0.311 e. The van der Waals surface area contributed by atoms with Crippen LogP contribution in [0.25, 0.3) is 0 Å². The Morgan fingerprint density at radius 1 is 1.27 bits per heavy atom. The van der Waals surface area contributed by atoms with Crippen LogP contribution >= 0.6 is 0 Å². The summed E-state index contributed by atoms with van der Waals surface area (Å²) in [5.41, 5.74) is -1.24. The molecule has 0 spiro atoms. The average Bonchev–Trinajstić information content (AvgIpc) is 2.40. The predicted octanol–water partition coefficient (Wildman–Crippen LogP) is 2.76. The molecule has 1 amide bonds. The summed E-state index contributed by atoms with van der Waals surface area (Å²) in [5, 5.41) is 11.9. The molecule has 4 nitrogen and oxygen atoms in total. The Labute approximate surface area is 128 Å². The summed E-state index contributed by atoms with van der Waals surface area (Å²) in [6.45, 7) is 6.61. The molecule has 0 bridgehead atoms. The summed E-state index contributed by atoms with van der Waals surface area (Å²) in [6.07, 6.45) is -0.345. The number of nitrogens with one attached hydrogen (secondary N) is 1.